The van der Waals surface area contributed by atoms with Gasteiger partial charge in [0.2, 0.25) is 5.78 Å². The number of aromatic amines is 1. The number of hydrogen-bond donors (Lipinski definition) is 2. The van der Waals surface area contributed by atoms with E-state index in [1.165, 1.54) is 29.2 Å². The van der Waals surface area contributed by atoms with E-state index < -0.39 is 11.5 Å². The van der Waals surface area contributed by atoms with Gasteiger partial charge in [0.25, 0.3) is 0 Å². The Balaban J connectivity index is 1.47. The van der Waals surface area contributed by atoms with Crippen molar-refractivity contribution < 1.29 is 9.18 Å². The number of likely N-dealkylation sites (tertiary alicyclic amines) is 1. The third kappa shape index (κ3) is 3.19. The number of hydrogen-bond acceptors (Lipinski definition) is 5. The summed E-state index contributed by atoms with van der Waals surface area (Å²) >= 11 is 0. The largest absolute Gasteiger partial charge is 0.347 e. The van der Waals surface area contributed by atoms with Crippen molar-refractivity contribution in [3.8, 4) is 16.9 Å². The average molecular weight is 408 g/mol. The quantitative estimate of drug-likeness (QED) is 0.539. The zero-order valence-electron chi connectivity index (χ0n) is 15.7. The van der Waals surface area contributed by atoms with Crippen LogP contribution < -0.4 is 11.0 Å². The number of H-pyrrole nitrogens is 1. The first-order valence-electron chi connectivity index (χ1n) is 9.41. The molecule has 1 aromatic carbocycles. The molecule has 0 bridgehead atoms. The maximum absolute atomic E-state index is 14.5. The summed E-state index contributed by atoms with van der Waals surface area (Å²) in [7, 11) is 0. The van der Waals surface area contributed by atoms with Gasteiger partial charge in [-0.15, -0.1) is 0 Å². The number of nitrogens with one attached hydrogen (secondary N) is 2. The predicted molar refractivity (Wildman–Crippen MR) is 106 cm³/mol. The smallest absolute Gasteiger partial charge is 0.325 e. The minimum absolute atomic E-state index is 0.197. The fourth-order valence-electron chi connectivity index (χ4n) is 3.48. The van der Waals surface area contributed by atoms with Crippen molar-refractivity contribution in [1.29, 1.82) is 0 Å². The lowest BCUT2D eigenvalue weighted by Crippen LogP contribution is -2.32. The van der Waals surface area contributed by atoms with Gasteiger partial charge >= 0.3 is 11.7 Å². The van der Waals surface area contributed by atoms with Gasteiger partial charge < -0.3 is 10.2 Å². The first kappa shape index (κ1) is 18.0. The van der Waals surface area contributed by atoms with Gasteiger partial charge in [0.15, 0.2) is 0 Å². The van der Waals surface area contributed by atoms with Crippen LogP contribution in [0.15, 0.2) is 47.9 Å². The third-order valence-corrected chi connectivity index (χ3v) is 5.01. The van der Waals surface area contributed by atoms with E-state index in [1.807, 2.05) is 0 Å². The summed E-state index contributed by atoms with van der Waals surface area (Å²) in [6, 6.07) is 4.16. The lowest BCUT2D eigenvalue weighted by Gasteiger charge is -2.16. The highest BCUT2D eigenvalue weighted by atomic mass is 19.1. The Morgan fingerprint density at radius 2 is 2.03 bits per heavy atom. The third-order valence-electron chi connectivity index (χ3n) is 5.01. The van der Waals surface area contributed by atoms with Crippen molar-refractivity contribution in [1.82, 2.24) is 34.0 Å². The molecule has 5 rings (SSSR count). The summed E-state index contributed by atoms with van der Waals surface area (Å²) in [6.45, 7) is 1.44. The van der Waals surface area contributed by atoms with Gasteiger partial charge in [-0.25, -0.2) is 33.6 Å². The highest BCUT2D eigenvalue weighted by molar-refractivity contribution is 5.90. The highest BCUT2D eigenvalue weighted by Crippen LogP contribution is 2.26. The van der Waals surface area contributed by atoms with Gasteiger partial charge in [-0.3, -0.25) is 4.40 Å². The molecule has 152 valence electrons. The Labute approximate surface area is 169 Å². The van der Waals surface area contributed by atoms with E-state index in [0.717, 1.165) is 25.9 Å². The van der Waals surface area contributed by atoms with Crippen LogP contribution in [0.1, 0.15) is 12.8 Å². The maximum atomic E-state index is 14.5. The first-order valence-corrected chi connectivity index (χ1v) is 9.41. The molecule has 30 heavy (non-hydrogen) atoms. The number of nitrogens with zero attached hydrogens (tertiary/aromatic N) is 6. The molecule has 0 spiro atoms. The predicted octanol–water partition coefficient (Wildman–Crippen LogP) is 2.04. The molecular weight excluding hydrogens is 391 g/mol. The van der Waals surface area contributed by atoms with Gasteiger partial charge in [0.05, 0.1) is 17.6 Å². The zero-order valence-corrected chi connectivity index (χ0v) is 15.7. The molecule has 2 N–H and O–H groups in total. The van der Waals surface area contributed by atoms with E-state index in [-0.39, 0.29) is 11.6 Å². The van der Waals surface area contributed by atoms with Gasteiger partial charge in [0.1, 0.15) is 12.1 Å². The zero-order chi connectivity index (χ0) is 20.7. The van der Waals surface area contributed by atoms with E-state index in [2.05, 4.69) is 25.5 Å². The number of amides is 2. The monoisotopic (exact) mass is 408 g/mol. The molecule has 0 atom stereocenters. The summed E-state index contributed by atoms with van der Waals surface area (Å²) in [5.41, 5.74) is 1.16. The van der Waals surface area contributed by atoms with Crippen LogP contribution in [0.5, 0.6) is 0 Å². The number of carbonyl (C=O) groups excluding carboxylic acids is 1. The molecule has 11 heteroatoms. The van der Waals surface area contributed by atoms with E-state index in [0.29, 0.717) is 22.8 Å². The fraction of sp³-hybridized carbons (Fsp3) is 0.211. The summed E-state index contributed by atoms with van der Waals surface area (Å²) < 4.78 is 17.4. The van der Waals surface area contributed by atoms with Gasteiger partial charge in [-0.1, -0.05) is 0 Å². The number of halogens is 1. The molecule has 0 aliphatic carbocycles. The van der Waals surface area contributed by atoms with Gasteiger partial charge in [-0.2, -0.15) is 5.10 Å². The van der Waals surface area contributed by atoms with Gasteiger partial charge in [-0.05, 0) is 31.0 Å². The van der Waals surface area contributed by atoms with E-state index >= 15 is 0 Å². The van der Waals surface area contributed by atoms with Crippen molar-refractivity contribution in [3.63, 3.8) is 0 Å². The Hall–Kier alpha value is -4.02. The Morgan fingerprint density at radius 1 is 1.20 bits per heavy atom. The van der Waals surface area contributed by atoms with E-state index in [4.69, 9.17) is 0 Å². The molecule has 1 fully saturated rings. The minimum Gasteiger partial charge on any atom is -0.325 e. The van der Waals surface area contributed by atoms with Crippen LogP contribution in [0.3, 0.4) is 0 Å². The number of rotatable bonds is 3. The molecule has 0 saturated carbocycles. The second kappa shape index (κ2) is 7.10. The second-order valence-electron chi connectivity index (χ2n) is 7.00. The topological polar surface area (TPSA) is 113 Å². The number of urea groups is 1. The van der Waals surface area contributed by atoms with Crippen LogP contribution in [-0.4, -0.2) is 53.2 Å². The molecule has 2 amide bonds. The Bertz CT molecular complexity index is 1300. The van der Waals surface area contributed by atoms with Crippen LogP contribution in [0.25, 0.3) is 22.7 Å². The summed E-state index contributed by atoms with van der Waals surface area (Å²) in [5, 5.41) is 8.81. The summed E-state index contributed by atoms with van der Waals surface area (Å²) in [6.07, 6.45) is 8.06. The molecule has 10 nitrogen and oxygen atoms in total. The van der Waals surface area contributed by atoms with Crippen LogP contribution in [0, 0.1) is 5.82 Å². The van der Waals surface area contributed by atoms with Crippen LogP contribution in [0.4, 0.5) is 14.9 Å². The molecule has 0 radical (unpaired) electrons. The molecule has 4 heterocycles. The number of fused-ring (bicyclic) bond motifs is 1. The Morgan fingerprint density at radius 3 is 2.80 bits per heavy atom. The number of imidazole rings is 1. The molecule has 3 aromatic heterocycles. The maximum Gasteiger partial charge on any atom is 0.347 e. The number of carbonyl (C=O) groups is 1. The highest BCUT2D eigenvalue weighted by Gasteiger charge is 2.19. The second-order valence-corrected chi connectivity index (χ2v) is 7.00. The van der Waals surface area contributed by atoms with Crippen molar-refractivity contribution in [3.05, 3.63) is 59.4 Å². The summed E-state index contributed by atoms with van der Waals surface area (Å²) in [4.78, 5) is 34.4. The van der Waals surface area contributed by atoms with Crippen LogP contribution >= 0.6 is 0 Å². The van der Waals surface area contributed by atoms with E-state index in [9.17, 15) is 14.0 Å². The Kier molecular flexibility index (Phi) is 4.27. The number of anilines is 1. The lowest BCUT2D eigenvalue weighted by molar-refractivity contribution is 0.222. The fourth-order valence-corrected chi connectivity index (χ4v) is 3.48. The van der Waals surface area contributed by atoms with Gasteiger partial charge in [0, 0.05) is 36.7 Å². The average Bonchev–Trinajstić information content (AvgIpc) is 3.49. The normalized spacial score (nSPS) is 13.8. The SMILES string of the molecule is O=C(Nc1ccc(F)c(-c2cn3cc(-n4cn[nH]c4=O)cnc3n2)c1)N1CCCC1. The van der Waals surface area contributed by atoms with E-state index in [1.54, 1.807) is 27.8 Å². The minimum atomic E-state index is -0.469. The van der Waals surface area contributed by atoms with Crippen LogP contribution in [0.2, 0.25) is 0 Å². The molecule has 0 unspecified atom stereocenters. The molecule has 4 aromatic rings. The standard InChI is InChI=1S/C19H17FN8O2/c20-15-4-3-12(23-18(29)26-5-1-2-6-26)7-14(15)16-10-27-9-13(8-21-17(27)24-16)28-11-22-25-19(28)30/h3-4,7-11H,1-2,5-6H2,(H,23,29)(H,25,30). The number of benzene rings is 1. The van der Waals surface area contributed by atoms with Crippen molar-refractivity contribution >= 4 is 17.5 Å². The molecule has 1 saturated heterocycles. The van der Waals surface area contributed by atoms with Crippen LogP contribution in [-0.2, 0) is 0 Å². The lowest BCUT2D eigenvalue weighted by atomic mass is 10.1. The molecule has 1 aliphatic rings. The summed E-state index contributed by atoms with van der Waals surface area (Å²) in [5.74, 6) is -0.125. The number of aromatic nitrogens is 6. The first-order chi connectivity index (χ1) is 14.6. The van der Waals surface area contributed by atoms with Crippen molar-refractivity contribution in [2.45, 2.75) is 12.8 Å². The van der Waals surface area contributed by atoms with Crippen molar-refractivity contribution in [2.24, 2.45) is 0 Å². The van der Waals surface area contributed by atoms with Crippen molar-refractivity contribution in [2.75, 3.05) is 18.4 Å². The molecular formula is C19H17FN8O2. The molecule has 1 aliphatic heterocycles.